The van der Waals surface area contributed by atoms with Crippen LogP contribution in [0.2, 0.25) is 0 Å². The summed E-state index contributed by atoms with van der Waals surface area (Å²) in [6.45, 7) is 0.745. The summed E-state index contributed by atoms with van der Waals surface area (Å²) in [5, 5.41) is 11.9. The fourth-order valence-corrected chi connectivity index (χ4v) is 4.95. The Morgan fingerprint density at radius 3 is 2.46 bits per heavy atom. The fraction of sp³-hybridized carbons (Fsp3) is 0.130. The summed E-state index contributed by atoms with van der Waals surface area (Å²) < 4.78 is 45.5. The molecule has 3 N–H and O–H groups in total. The molecular weight excluding hydrogens is 544 g/mol. The van der Waals surface area contributed by atoms with Crippen molar-refractivity contribution in [3.63, 3.8) is 0 Å². The molecule has 1 aliphatic rings. The largest absolute Gasteiger partial charge is 0.495 e. The van der Waals surface area contributed by atoms with E-state index in [1.165, 1.54) is 43.5 Å². The Bertz CT molecular complexity index is 1430. The predicted octanol–water partition coefficient (Wildman–Crippen LogP) is 3.98. The molecule has 0 saturated carbocycles. The maximum Gasteiger partial charge on any atom is 0.337 e. The van der Waals surface area contributed by atoms with Crippen LogP contribution in [0.25, 0.3) is 0 Å². The zero-order valence-corrected chi connectivity index (χ0v) is 20.6. The summed E-state index contributed by atoms with van der Waals surface area (Å²) in [5.74, 6) is -1.01. The number of aromatic carboxylic acids is 1. The molecule has 182 valence electrons. The Kier molecular flexibility index (Phi) is 6.85. The highest BCUT2D eigenvalue weighted by molar-refractivity contribution is 9.10. The standard InChI is InChI=1S/C23H19BrN2O8S/c1-32-19-6-2-13(22(27)25-17-5-3-14(24)11-16(17)23(28)29)10-21(19)35(30,31)26-15-4-7-18-20(12-15)34-9-8-33-18/h2-7,10-12,26H,8-9H2,1H3,(H,25,27)(H,28,29). The van der Waals surface area contributed by atoms with Gasteiger partial charge in [0.05, 0.1) is 24.0 Å². The van der Waals surface area contributed by atoms with Gasteiger partial charge in [-0.05, 0) is 48.5 Å². The van der Waals surface area contributed by atoms with Crippen molar-refractivity contribution in [1.29, 1.82) is 0 Å². The number of carbonyl (C=O) groups excluding carboxylic acids is 1. The number of nitrogens with one attached hydrogen (secondary N) is 2. The molecule has 0 spiro atoms. The van der Waals surface area contributed by atoms with Crippen LogP contribution in [0, 0.1) is 0 Å². The van der Waals surface area contributed by atoms with Crippen molar-refractivity contribution in [2.45, 2.75) is 4.90 Å². The third-order valence-electron chi connectivity index (χ3n) is 4.97. The topological polar surface area (TPSA) is 140 Å². The molecule has 1 amide bonds. The van der Waals surface area contributed by atoms with Crippen molar-refractivity contribution in [3.05, 3.63) is 70.2 Å². The van der Waals surface area contributed by atoms with Gasteiger partial charge in [-0.1, -0.05) is 15.9 Å². The summed E-state index contributed by atoms with van der Waals surface area (Å²) in [7, 11) is -2.89. The van der Waals surface area contributed by atoms with Crippen LogP contribution in [0.15, 0.2) is 64.0 Å². The van der Waals surface area contributed by atoms with E-state index in [-0.39, 0.29) is 33.1 Å². The van der Waals surface area contributed by atoms with Crippen LogP contribution >= 0.6 is 15.9 Å². The molecule has 10 nitrogen and oxygen atoms in total. The summed E-state index contributed by atoms with van der Waals surface area (Å²) in [5.41, 5.74) is 0.134. The molecule has 4 rings (SSSR count). The third-order valence-corrected chi connectivity index (χ3v) is 6.87. The molecule has 0 aromatic heterocycles. The molecule has 0 atom stereocenters. The zero-order valence-electron chi connectivity index (χ0n) is 18.2. The van der Waals surface area contributed by atoms with Crippen LogP contribution < -0.4 is 24.2 Å². The maximum absolute atomic E-state index is 13.2. The zero-order chi connectivity index (χ0) is 25.2. The third kappa shape index (κ3) is 5.33. The highest BCUT2D eigenvalue weighted by Crippen LogP contribution is 2.34. The van der Waals surface area contributed by atoms with E-state index in [1.54, 1.807) is 12.1 Å². The van der Waals surface area contributed by atoms with Gasteiger partial charge in [0.15, 0.2) is 11.5 Å². The number of hydrogen-bond acceptors (Lipinski definition) is 7. The lowest BCUT2D eigenvalue weighted by Gasteiger charge is -2.19. The van der Waals surface area contributed by atoms with E-state index in [9.17, 15) is 23.1 Å². The van der Waals surface area contributed by atoms with E-state index in [2.05, 4.69) is 26.0 Å². The van der Waals surface area contributed by atoms with Gasteiger partial charge >= 0.3 is 5.97 Å². The second kappa shape index (κ2) is 9.84. The molecule has 0 radical (unpaired) electrons. The van der Waals surface area contributed by atoms with Gasteiger partial charge in [0.25, 0.3) is 15.9 Å². The highest BCUT2D eigenvalue weighted by atomic mass is 79.9. The lowest BCUT2D eigenvalue weighted by molar-refractivity contribution is 0.0698. The summed E-state index contributed by atoms with van der Waals surface area (Å²) in [4.78, 5) is 24.1. The molecule has 0 saturated heterocycles. The number of carbonyl (C=O) groups is 2. The van der Waals surface area contributed by atoms with Gasteiger partial charge in [0.1, 0.15) is 23.9 Å². The van der Waals surface area contributed by atoms with Crippen molar-refractivity contribution in [1.82, 2.24) is 0 Å². The molecular formula is C23H19BrN2O8S. The van der Waals surface area contributed by atoms with E-state index < -0.39 is 21.9 Å². The van der Waals surface area contributed by atoms with Crippen LogP contribution in [-0.2, 0) is 10.0 Å². The molecule has 0 fully saturated rings. The fourth-order valence-electron chi connectivity index (χ4n) is 3.34. The van der Waals surface area contributed by atoms with E-state index in [1.807, 2.05) is 0 Å². The van der Waals surface area contributed by atoms with Crippen LogP contribution in [0.1, 0.15) is 20.7 Å². The van der Waals surface area contributed by atoms with E-state index in [4.69, 9.17) is 14.2 Å². The van der Waals surface area contributed by atoms with Crippen LogP contribution in [0.3, 0.4) is 0 Å². The Hall–Kier alpha value is -3.77. The van der Waals surface area contributed by atoms with Crippen molar-refractivity contribution < 1.29 is 37.3 Å². The van der Waals surface area contributed by atoms with Crippen molar-refractivity contribution >= 4 is 49.2 Å². The number of carboxylic acids is 1. The first-order valence-corrected chi connectivity index (χ1v) is 12.4. The summed E-state index contributed by atoms with van der Waals surface area (Å²) >= 11 is 3.19. The Morgan fingerprint density at radius 2 is 1.74 bits per heavy atom. The lowest BCUT2D eigenvalue weighted by atomic mass is 10.1. The first kappa shape index (κ1) is 24.4. The Balaban J connectivity index is 1.63. The van der Waals surface area contributed by atoms with Gasteiger partial charge in [-0.25, -0.2) is 13.2 Å². The average Bonchev–Trinajstić information content (AvgIpc) is 2.84. The normalized spacial score (nSPS) is 12.5. The molecule has 0 unspecified atom stereocenters. The number of benzene rings is 3. The monoisotopic (exact) mass is 562 g/mol. The molecule has 3 aromatic carbocycles. The lowest BCUT2D eigenvalue weighted by Crippen LogP contribution is -2.18. The number of sulfonamides is 1. The van der Waals surface area contributed by atoms with Gasteiger partial charge in [-0.3, -0.25) is 9.52 Å². The van der Waals surface area contributed by atoms with Gasteiger partial charge in [0.2, 0.25) is 0 Å². The first-order valence-electron chi connectivity index (χ1n) is 10.1. The Labute approximate surface area is 209 Å². The number of amides is 1. The minimum Gasteiger partial charge on any atom is -0.495 e. The first-order chi connectivity index (χ1) is 16.7. The van der Waals surface area contributed by atoms with Crippen molar-refractivity contribution in [3.8, 4) is 17.2 Å². The Morgan fingerprint density at radius 1 is 1.00 bits per heavy atom. The predicted molar refractivity (Wildman–Crippen MR) is 130 cm³/mol. The molecule has 0 aliphatic carbocycles. The molecule has 3 aromatic rings. The number of carboxylic acid groups (broad SMARTS) is 1. The molecule has 35 heavy (non-hydrogen) atoms. The van der Waals surface area contributed by atoms with E-state index in [0.29, 0.717) is 29.2 Å². The summed E-state index contributed by atoms with van der Waals surface area (Å²) in [6, 6.07) is 12.8. The van der Waals surface area contributed by atoms with Crippen LogP contribution in [-0.4, -0.2) is 45.7 Å². The second-order valence-corrected chi connectivity index (χ2v) is 9.85. The number of anilines is 2. The van der Waals surface area contributed by atoms with Gasteiger partial charge in [-0.2, -0.15) is 0 Å². The van der Waals surface area contributed by atoms with Crippen molar-refractivity contribution in [2.24, 2.45) is 0 Å². The van der Waals surface area contributed by atoms with Gasteiger partial charge < -0.3 is 24.6 Å². The number of fused-ring (bicyclic) bond motifs is 1. The van der Waals surface area contributed by atoms with Gasteiger partial charge in [-0.15, -0.1) is 0 Å². The second-order valence-electron chi connectivity index (χ2n) is 7.28. The summed E-state index contributed by atoms with van der Waals surface area (Å²) in [6.07, 6.45) is 0. The molecule has 12 heteroatoms. The number of ether oxygens (including phenoxy) is 3. The van der Waals surface area contributed by atoms with E-state index in [0.717, 1.165) is 6.07 Å². The quantitative estimate of drug-likeness (QED) is 0.392. The number of methoxy groups -OCH3 is 1. The smallest absolute Gasteiger partial charge is 0.337 e. The molecule has 1 aliphatic heterocycles. The minimum atomic E-state index is -4.19. The van der Waals surface area contributed by atoms with E-state index >= 15 is 0 Å². The van der Waals surface area contributed by atoms with Crippen LogP contribution in [0.5, 0.6) is 17.2 Å². The average molecular weight is 563 g/mol. The molecule has 0 bridgehead atoms. The SMILES string of the molecule is COc1ccc(C(=O)Nc2ccc(Br)cc2C(=O)O)cc1S(=O)(=O)Nc1ccc2c(c1)OCCO2. The number of rotatable bonds is 7. The number of halogens is 1. The van der Waals surface area contributed by atoms with Crippen LogP contribution in [0.4, 0.5) is 11.4 Å². The molecule has 1 heterocycles. The number of hydrogen-bond donors (Lipinski definition) is 3. The van der Waals surface area contributed by atoms with Crippen molar-refractivity contribution in [2.75, 3.05) is 30.4 Å². The minimum absolute atomic E-state index is 0.0152. The maximum atomic E-state index is 13.2. The highest BCUT2D eigenvalue weighted by Gasteiger charge is 2.24. The van der Waals surface area contributed by atoms with Gasteiger partial charge in [0, 0.05) is 16.1 Å².